The highest BCUT2D eigenvalue weighted by atomic mass is 32.1. The fraction of sp³-hybridized carbons (Fsp3) is 0.500. The minimum atomic E-state index is -4.12. The first kappa shape index (κ1) is 12.0. The first-order valence-electron chi connectivity index (χ1n) is 4.28. The van der Waals surface area contributed by atoms with Crippen molar-refractivity contribution in [3.63, 3.8) is 0 Å². The Morgan fingerprint density at radius 3 is 2.73 bits per heavy atom. The molecular formula is C8H10F3N3S. The molecule has 0 saturated heterocycles. The van der Waals surface area contributed by atoms with Gasteiger partial charge in [-0.3, -0.25) is 0 Å². The Labute approximate surface area is 90.1 Å². The lowest BCUT2D eigenvalue weighted by Gasteiger charge is -2.08. The van der Waals surface area contributed by atoms with E-state index in [-0.39, 0.29) is 18.0 Å². The molecule has 1 aromatic heterocycles. The van der Waals surface area contributed by atoms with Crippen LogP contribution in [-0.4, -0.2) is 20.7 Å². The number of thiocarbonyl (C=S) groups is 1. The summed E-state index contributed by atoms with van der Waals surface area (Å²) in [5.74, 6) is 0.354. The summed E-state index contributed by atoms with van der Waals surface area (Å²) in [6.07, 6.45) is -1.92. The van der Waals surface area contributed by atoms with E-state index < -0.39 is 12.6 Å². The average Bonchev–Trinajstić information content (AvgIpc) is 2.49. The summed E-state index contributed by atoms with van der Waals surface area (Å²) in [5, 5.41) is 0. The number of nitrogens with zero attached hydrogens (tertiary/aromatic N) is 2. The molecule has 0 unspecified atom stereocenters. The quantitative estimate of drug-likeness (QED) is 0.813. The van der Waals surface area contributed by atoms with Crippen LogP contribution in [0.2, 0.25) is 0 Å². The maximum atomic E-state index is 11.9. The van der Waals surface area contributed by atoms with Gasteiger partial charge in [0.1, 0.15) is 4.99 Å². The second-order valence-corrected chi connectivity index (χ2v) is 3.47. The summed E-state index contributed by atoms with van der Waals surface area (Å²) in [4.78, 5) is 3.94. The van der Waals surface area contributed by atoms with Crippen molar-refractivity contribution < 1.29 is 13.2 Å². The minimum Gasteiger partial charge on any atom is -0.387 e. The maximum Gasteiger partial charge on any atom is 0.389 e. The van der Waals surface area contributed by atoms with Crippen molar-refractivity contribution in [3.8, 4) is 0 Å². The Morgan fingerprint density at radius 2 is 2.20 bits per heavy atom. The molecule has 0 atom stereocenters. The van der Waals surface area contributed by atoms with Gasteiger partial charge in [-0.25, -0.2) is 4.98 Å². The Balaban J connectivity index is 2.51. The van der Waals surface area contributed by atoms with Gasteiger partial charge in [0, 0.05) is 25.4 Å². The zero-order chi connectivity index (χ0) is 11.5. The molecule has 0 fully saturated rings. The smallest absolute Gasteiger partial charge is 0.387 e. The predicted octanol–water partition coefficient (Wildman–Crippen LogP) is 1.86. The SMILES string of the molecule is NC(=S)c1nccn1CCCC(F)(F)F. The average molecular weight is 237 g/mol. The van der Waals surface area contributed by atoms with E-state index in [1.807, 2.05) is 0 Å². The van der Waals surface area contributed by atoms with E-state index in [1.165, 1.54) is 10.8 Å². The summed E-state index contributed by atoms with van der Waals surface area (Å²) in [7, 11) is 0. The molecule has 0 radical (unpaired) electrons. The summed E-state index contributed by atoms with van der Waals surface area (Å²) < 4.78 is 37.1. The zero-order valence-corrected chi connectivity index (χ0v) is 8.61. The number of aryl methyl sites for hydroxylation is 1. The number of hydrogen-bond acceptors (Lipinski definition) is 2. The van der Waals surface area contributed by atoms with Crippen molar-refractivity contribution in [1.29, 1.82) is 0 Å². The Kier molecular flexibility index (Phi) is 3.67. The molecule has 0 amide bonds. The van der Waals surface area contributed by atoms with E-state index in [0.717, 1.165) is 0 Å². The van der Waals surface area contributed by atoms with E-state index in [9.17, 15) is 13.2 Å². The van der Waals surface area contributed by atoms with Crippen molar-refractivity contribution in [2.45, 2.75) is 25.6 Å². The first-order valence-corrected chi connectivity index (χ1v) is 4.68. The lowest BCUT2D eigenvalue weighted by atomic mass is 10.3. The number of aromatic nitrogens is 2. The van der Waals surface area contributed by atoms with Crippen LogP contribution in [0, 0.1) is 0 Å². The molecule has 2 N–H and O–H groups in total. The van der Waals surface area contributed by atoms with Crippen LogP contribution < -0.4 is 5.73 Å². The Bertz CT molecular complexity index is 345. The monoisotopic (exact) mass is 237 g/mol. The summed E-state index contributed by atoms with van der Waals surface area (Å²) in [6.45, 7) is 0.214. The molecule has 0 aliphatic carbocycles. The van der Waals surface area contributed by atoms with Crippen LogP contribution in [0.4, 0.5) is 13.2 Å². The first-order chi connectivity index (χ1) is 6.90. The van der Waals surface area contributed by atoms with Crippen molar-refractivity contribution in [2.24, 2.45) is 5.73 Å². The van der Waals surface area contributed by atoms with Crippen LogP contribution >= 0.6 is 12.2 Å². The van der Waals surface area contributed by atoms with Gasteiger partial charge in [0.15, 0.2) is 5.82 Å². The number of hydrogen-bond donors (Lipinski definition) is 1. The van der Waals surface area contributed by atoms with Crippen LogP contribution in [0.1, 0.15) is 18.7 Å². The van der Waals surface area contributed by atoms with Crippen LogP contribution in [0.25, 0.3) is 0 Å². The van der Waals surface area contributed by atoms with Crippen LogP contribution in [0.15, 0.2) is 12.4 Å². The standard InChI is InChI=1S/C8H10F3N3S/c9-8(10,11)2-1-4-14-5-3-13-7(14)6(12)15/h3,5H,1-2,4H2,(H2,12,15). The summed E-state index contributed by atoms with van der Waals surface area (Å²) in [5.41, 5.74) is 5.34. The Hall–Kier alpha value is -1.11. The van der Waals surface area contributed by atoms with Gasteiger partial charge in [0.2, 0.25) is 0 Å². The highest BCUT2D eigenvalue weighted by Gasteiger charge is 2.26. The van der Waals surface area contributed by atoms with Crippen LogP contribution in [-0.2, 0) is 6.54 Å². The van der Waals surface area contributed by atoms with Gasteiger partial charge < -0.3 is 10.3 Å². The van der Waals surface area contributed by atoms with E-state index in [0.29, 0.717) is 5.82 Å². The topological polar surface area (TPSA) is 43.8 Å². The molecule has 1 aromatic rings. The molecule has 15 heavy (non-hydrogen) atoms. The molecule has 84 valence electrons. The van der Waals surface area contributed by atoms with E-state index >= 15 is 0 Å². The van der Waals surface area contributed by atoms with E-state index in [1.54, 1.807) is 6.20 Å². The van der Waals surface area contributed by atoms with Crippen LogP contribution in [0.5, 0.6) is 0 Å². The van der Waals surface area contributed by atoms with Gasteiger partial charge in [-0.15, -0.1) is 0 Å². The zero-order valence-electron chi connectivity index (χ0n) is 7.79. The molecule has 0 aliphatic rings. The fourth-order valence-electron chi connectivity index (χ4n) is 1.16. The molecule has 0 spiro atoms. The largest absolute Gasteiger partial charge is 0.389 e. The highest BCUT2D eigenvalue weighted by Crippen LogP contribution is 2.21. The molecule has 0 bridgehead atoms. The molecule has 1 rings (SSSR count). The second-order valence-electron chi connectivity index (χ2n) is 3.03. The van der Waals surface area contributed by atoms with Gasteiger partial charge in [-0.05, 0) is 6.42 Å². The molecule has 0 saturated carbocycles. The molecule has 1 heterocycles. The van der Waals surface area contributed by atoms with Crippen molar-refractivity contribution in [3.05, 3.63) is 18.2 Å². The highest BCUT2D eigenvalue weighted by molar-refractivity contribution is 7.80. The third-order valence-corrected chi connectivity index (χ3v) is 1.98. The summed E-state index contributed by atoms with van der Waals surface area (Å²) >= 11 is 4.70. The van der Waals surface area contributed by atoms with Gasteiger partial charge in [-0.2, -0.15) is 13.2 Å². The second kappa shape index (κ2) is 4.61. The molecule has 7 heteroatoms. The number of alkyl halides is 3. The maximum absolute atomic E-state index is 11.9. The predicted molar refractivity (Wildman–Crippen MR) is 53.4 cm³/mol. The number of rotatable bonds is 4. The van der Waals surface area contributed by atoms with E-state index in [2.05, 4.69) is 4.98 Å². The number of nitrogens with two attached hydrogens (primary N) is 1. The number of imidazole rings is 1. The third-order valence-electron chi connectivity index (χ3n) is 1.80. The molecule has 0 aromatic carbocycles. The van der Waals surface area contributed by atoms with Crippen LogP contribution in [0.3, 0.4) is 0 Å². The van der Waals surface area contributed by atoms with Gasteiger partial charge >= 0.3 is 6.18 Å². The van der Waals surface area contributed by atoms with Gasteiger partial charge in [0.25, 0.3) is 0 Å². The van der Waals surface area contributed by atoms with Gasteiger partial charge in [0.05, 0.1) is 0 Å². The summed E-state index contributed by atoms with van der Waals surface area (Å²) in [6, 6.07) is 0. The normalized spacial score (nSPS) is 11.7. The van der Waals surface area contributed by atoms with Crippen molar-refractivity contribution >= 4 is 17.2 Å². The van der Waals surface area contributed by atoms with E-state index in [4.69, 9.17) is 18.0 Å². The minimum absolute atomic E-state index is 0.00449. The lowest BCUT2D eigenvalue weighted by Crippen LogP contribution is -2.17. The molecular weight excluding hydrogens is 227 g/mol. The third kappa shape index (κ3) is 3.86. The molecule has 3 nitrogen and oxygen atoms in total. The van der Waals surface area contributed by atoms with Gasteiger partial charge in [-0.1, -0.05) is 12.2 Å². The van der Waals surface area contributed by atoms with Crippen molar-refractivity contribution in [2.75, 3.05) is 0 Å². The fourth-order valence-corrected chi connectivity index (χ4v) is 1.33. The molecule has 0 aliphatic heterocycles. The van der Waals surface area contributed by atoms with Crippen molar-refractivity contribution in [1.82, 2.24) is 9.55 Å². The number of halogens is 3. The Morgan fingerprint density at radius 1 is 1.53 bits per heavy atom. The lowest BCUT2D eigenvalue weighted by molar-refractivity contribution is -0.135.